The molecule has 1 aromatic heterocycles. The van der Waals surface area contributed by atoms with Crippen molar-refractivity contribution in [1.29, 1.82) is 0 Å². The third-order valence-electron chi connectivity index (χ3n) is 4.26. The van der Waals surface area contributed by atoms with Crippen LogP contribution in [0.4, 0.5) is 4.39 Å². The summed E-state index contributed by atoms with van der Waals surface area (Å²) in [5.41, 5.74) is 1.00. The van der Waals surface area contributed by atoms with E-state index in [1.807, 2.05) is 17.7 Å². The molecule has 0 saturated heterocycles. The van der Waals surface area contributed by atoms with Gasteiger partial charge in [-0.3, -0.25) is 0 Å². The fraction of sp³-hybridized carbons (Fsp3) is 0.529. The van der Waals surface area contributed by atoms with Crippen molar-refractivity contribution >= 4 is 0 Å². The number of hydrogen-bond donors (Lipinski definition) is 1. The van der Waals surface area contributed by atoms with Gasteiger partial charge in [-0.2, -0.15) is 5.10 Å². The number of nitrogens with one attached hydrogen (secondary N) is 1. The van der Waals surface area contributed by atoms with Crippen molar-refractivity contribution in [3.05, 3.63) is 41.2 Å². The highest BCUT2D eigenvalue weighted by Gasteiger charge is 2.20. The van der Waals surface area contributed by atoms with Crippen LogP contribution in [-0.4, -0.2) is 34.5 Å². The van der Waals surface area contributed by atoms with Gasteiger partial charge in [0.2, 0.25) is 0 Å². The molecule has 3 rings (SSSR count). The number of halogens is 1. The predicted molar refractivity (Wildman–Crippen MR) is 86.1 cm³/mol. The molecule has 0 fully saturated rings. The summed E-state index contributed by atoms with van der Waals surface area (Å²) in [6, 6.07) is 5.61. The lowest BCUT2D eigenvalue weighted by molar-refractivity contribution is 0.358. The molecule has 5 nitrogen and oxygen atoms in total. The minimum absolute atomic E-state index is 0.292. The molecule has 0 amide bonds. The summed E-state index contributed by atoms with van der Waals surface area (Å²) >= 11 is 0. The van der Waals surface area contributed by atoms with Crippen LogP contribution in [0, 0.1) is 12.7 Å². The molecule has 1 atom stereocenters. The van der Waals surface area contributed by atoms with Crippen LogP contribution < -0.4 is 10.1 Å². The Balaban J connectivity index is 1.43. The Kier molecular flexibility index (Phi) is 4.91. The van der Waals surface area contributed by atoms with Gasteiger partial charge >= 0.3 is 0 Å². The standard InChI is InChI=1S/C17H23FN4O/c1-12-20-17-8-6-14(11-22(17)21-12)19-9-3-4-13-5-7-16(23-2)15(18)10-13/h5,7,10,14,19H,3-4,6,8-9,11H2,1-2H3/t14-/m1/s1. The first-order valence-electron chi connectivity index (χ1n) is 8.12. The normalized spacial score (nSPS) is 17.1. The van der Waals surface area contributed by atoms with E-state index in [0.29, 0.717) is 11.8 Å². The Hall–Kier alpha value is -1.95. The largest absolute Gasteiger partial charge is 0.494 e. The Morgan fingerprint density at radius 3 is 3.09 bits per heavy atom. The Morgan fingerprint density at radius 1 is 1.43 bits per heavy atom. The van der Waals surface area contributed by atoms with E-state index in [0.717, 1.165) is 56.0 Å². The summed E-state index contributed by atoms with van der Waals surface area (Å²) in [6.45, 7) is 3.73. The van der Waals surface area contributed by atoms with Crippen LogP contribution in [0.5, 0.6) is 5.75 Å². The van der Waals surface area contributed by atoms with E-state index in [1.54, 1.807) is 12.1 Å². The lowest BCUT2D eigenvalue weighted by atomic mass is 10.1. The zero-order valence-electron chi connectivity index (χ0n) is 13.7. The molecule has 2 heterocycles. The van der Waals surface area contributed by atoms with Crippen molar-refractivity contribution < 1.29 is 9.13 Å². The molecule has 0 unspecified atom stereocenters. The van der Waals surface area contributed by atoms with Crippen LogP contribution in [0.25, 0.3) is 0 Å². The van der Waals surface area contributed by atoms with Gasteiger partial charge in [-0.05, 0) is 50.4 Å². The minimum atomic E-state index is -0.292. The Labute approximate surface area is 135 Å². The molecule has 0 saturated carbocycles. The van der Waals surface area contributed by atoms with Gasteiger partial charge in [-0.25, -0.2) is 14.1 Å². The van der Waals surface area contributed by atoms with Crippen molar-refractivity contribution in [2.24, 2.45) is 0 Å². The van der Waals surface area contributed by atoms with Crippen molar-refractivity contribution in [2.45, 2.75) is 45.2 Å². The molecule has 124 valence electrons. The van der Waals surface area contributed by atoms with E-state index in [1.165, 1.54) is 7.11 Å². The molecule has 0 bridgehead atoms. The second kappa shape index (κ2) is 7.08. The molecule has 1 aliphatic rings. The van der Waals surface area contributed by atoms with E-state index >= 15 is 0 Å². The summed E-state index contributed by atoms with van der Waals surface area (Å²) < 4.78 is 20.6. The first-order valence-corrected chi connectivity index (χ1v) is 8.12. The molecular formula is C17H23FN4O. The lowest BCUT2D eigenvalue weighted by Crippen LogP contribution is -2.38. The van der Waals surface area contributed by atoms with E-state index < -0.39 is 0 Å². The summed E-state index contributed by atoms with van der Waals surface area (Å²) in [5, 5.41) is 7.99. The highest BCUT2D eigenvalue weighted by Crippen LogP contribution is 2.18. The number of hydrogen-bond acceptors (Lipinski definition) is 4. The monoisotopic (exact) mass is 318 g/mol. The Bertz CT molecular complexity index is 671. The maximum atomic E-state index is 13.6. The molecule has 0 spiro atoms. The third kappa shape index (κ3) is 3.88. The van der Waals surface area contributed by atoms with E-state index in [2.05, 4.69) is 15.4 Å². The van der Waals surface area contributed by atoms with Crippen molar-refractivity contribution in [3.8, 4) is 5.75 Å². The van der Waals surface area contributed by atoms with Crippen molar-refractivity contribution in [1.82, 2.24) is 20.1 Å². The zero-order valence-corrected chi connectivity index (χ0v) is 13.7. The van der Waals surface area contributed by atoms with Gasteiger partial charge in [0.15, 0.2) is 11.6 Å². The molecule has 23 heavy (non-hydrogen) atoms. The summed E-state index contributed by atoms with van der Waals surface area (Å²) in [5.74, 6) is 1.95. The maximum absolute atomic E-state index is 13.6. The number of fused-ring (bicyclic) bond motifs is 1. The highest BCUT2D eigenvalue weighted by molar-refractivity contribution is 5.29. The van der Waals surface area contributed by atoms with Gasteiger partial charge in [-0.15, -0.1) is 0 Å². The number of aryl methyl sites for hydroxylation is 3. The van der Waals surface area contributed by atoms with E-state index in [-0.39, 0.29) is 5.82 Å². The number of ether oxygens (including phenoxy) is 1. The first-order chi connectivity index (χ1) is 11.2. The zero-order chi connectivity index (χ0) is 16.2. The molecule has 0 aliphatic carbocycles. The van der Waals surface area contributed by atoms with Gasteiger partial charge in [0.1, 0.15) is 11.6 Å². The SMILES string of the molecule is COc1ccc(CCCN[C@@H]2CCc3nc(C)nn3C2)cc1F. The Morgan fingerprint density at radius 2 is 2.30 bits per heavy atom. The number of benzene rings is 1. The van der Waals surface area contributed by atoms with Crippen molar-refractivity contribution in [3.63, 3.8) is 0 Å². The van der Waals surface area contributed by atoms with E-state index in [9.17, 15) is 4.39 Å². The van der Waals surface area contributed by atoms with Gasteiger partial charge in [0.25, 0.3) is 0 Å². The fourth-order valence-electron chi connectivity index (χ4n) is 3.06. The minimum Gasteiger partial charge on any atom is -0.494 e. The van der Waals surface area contributed by atoms with Crippen molar-refractivity contribution in [2.75, 3.05) is 13.7 Å². The van der Waals surface area contributed by atoms with E-state index in [4.69, 9.17) is 4.74 Å². The second-order valence-corrected chi connectivity index (χ2v) is 6.02. The van der Waals surface area contributed by atoms with Crippen LogP contribution >= 0.6 is 0 Å². The van der Waals surface area contributed by atoms with Gasteiger partial charge in [0, 0.05) is 12.5 Å². The lowest BCUT2D eigenvalue weighted by Gasteiger charge is -2.23. The second-order valence-electron chi connectivity index (χ2n) is 6.02. The fourth-order valence-corrected chi connectivity index (χ4v) is 3.06. The highest BCUT2D eigenvalue weighted by atomic mass is 19.1. The topological polar surface area (TPSA) is 52.0 Å². The maximum Gasteiger partial charge on any atom is 0.165 e. The summed E-state index contributed by atoms with van der Waals surface area (Å²) in [7, 11) is 1.48. The molecule has 0 radical (unpaired) electrons. The number of aromatic nitrogens is 3. The molecule has 1 N–H and O–H groups in total. The van der Waals surface area contributed by atoms with Gasteiger partial charge in [-0.1, -0.05) is 6.07 Å². The van der Waals surface area contributed by atoms with Crippen LogP contribution in [-0.2, 0) is 19.4 Å². The van der Waals surface area contributed by atoms with Gasteiger partial charge in [0.05, 0.1) is 13.7 Å². The quantitative estimate of drug-likeness (QED) is 0.830. The average molecular weight is 318 g/mol. The van der Waals surface area contributed by atoms with Crippen LogP contribution in [0.3, 0.4) is 0 Å². The van der Waals surface area contributed by atoms with Gasteiger partial charge < -0.3 is 10.1 Å². The smallest absolute Gasteiger partial charge is 0.165 e. The molecule has 6 heteroatoms. The van der Waals surface area contributed by atoms with Crippen LogP contribution in [0.1, 0.15) is 30.1 Å². The molecule has 2 aromatic rings. The van der Waals surface area contributed by atoms with Crippen LogP contribution in [0.2, 0.25) is 0 Å². The molecular weight excluding hydrogens is 295 g/mol. The summed E-state index contributed by atoms with van der Waals surface area (Å²) in [6.07, 6.45) is 3.90. The molecule has 1 aromatic carbocycles. The first kappa shape index (κ1) is 15.9. The predicted octanol–water partition coefficient (Wildman–Crippen LogP) is 2.27. The number of rotatable bonds is 6. The van der Waals surface area contributed by atoms with Crippen LogP contribution in [0.15, 0.2) is 18.2 Å². The molecule has 1 aliphatic heterocycles. The summed E-state index contributed by atoms with van der Waals surface area (Å²) in [4.78, 5) is 4.42. The number of nitrogens with zero attached hydrogens (tertiary/aromatic N) is 3. The third-order valence-corrected chi connectivity index (χ3v) is 4.26. The number of methoxy groups -OCH3 is 1. The average Bonchev–Trinajstić information content (AvgIpc) is 2.91.